The minimum atomic E-state index is 0.269. The molecule has 0 bridgehead atoms. The van der Waals surface area contributed by atoms with Crippen LogP contribution in [0.5, 0.6) is 0 Å². The normalized spacial score (nSPS) is 14.0. The quantitative estimate of drug-likeness (QED) is 0.893. The molecule has 2 aromatic rings. The molecule has 1 aromatic heterocycles. The van der Waals surface area contributed by atoms with E-state index in [0.29, 0.717) is 6.04 Å². The highest BCUT2D eigenvalue weighted by atomic mass is 32.2. The van der Waals surface area contributed by atoms with Gasteiger partial charge in [0.1, 0.15) is 5.01 Å². The van der Waals surface area contributed by atoms with Gasteiger partial charge in [0.2, 0.25) is 0 Å². The van der Waals surface area contributed by atoms with Crippen molar-refractivity contribution < 1.29 is 0 Å². The number of nitrogens with zero attached hydrogens (tertiary/aromatic N) is 1. The number of para-hydroxylation sites is 1. The maximum absolute atomic E-state index is 4.69. The van der Waals surface area contributed by atoms with Crippen LogP contribution in [0.1, 0.15) is 31.8 Å². The Morgan fingerprint density at radius 2 is 2.11 bits per heavy atom. The van der Waals surface area contributed by atoms with Crippen molar-refractivity contribution in [3.05, 3.63) is 29.3 Å². The number of hydrogen-bond acceptors (Lipinski definition) is 4. The van der Waals surface area contributed by atoms with E-state index in [4.69, 9.17) is 0 Å². The van der Waals surface area contributed by atoms with Crippen LogP contribution in [0.15, 0.2) is 24.3 Å². The number of fused-ring (bicyclic) bond motifs is 1. The third-order valence-corrected chi connectivity index (χ3v) is 5.54. The molecule has 0 fully saturated rings. The van der Waals surface area contributed by atoms with Crippen LogP contribution >= 0.6 is 23.1 Å². The first kappa shape index (κ1) is 13.8. The molecule has 0 saturated heterocycles. The third kappa shape index (κ3) is 3.25. The van der Waals surface area contributed by atoms with Crippen LogP contribution in [0.4, 0.5) is 0 Å². The summed E-state index contributed by atoms with van der Waals surface area (Å²) in [5, 5.41) is 4.75. The lowest BCUT2D eigenvalue weighted by Gasteiger charge is -2.24. The number of aromatic nitrogens is 1. The molecule has 1 atom stereocenters. The Hall–Kier alpha value is -0.580. The fourth-order valence-corrected chi connectivity index (χ4v) is 2.86. The first-order chi connectivity index (χ1) is 8.52. The summed E-state index contributed by atoms with van der Waals surface area (Å²) < 4.78 is 1.54. The summed E-state index contributed by atoms with van der Waals surface area (Å²) in [7, 11) is 0. The predicted octanol–water partition coefficient (Wildman–Crippen LogP) is 4.09. The van der Waals surface area contributed by atoms with E-state index in [1.165, 1.54) is 9.71 Å². The molecule has 0 amide bonds. The summed E-state index contributed by atoms with van der Waals surface area (Å²) in [4.78, 5) is 4.69. The van der Waals surface area contributed by atoms with E-state index in [1.54, 1.807) is 11.3 Å². The summed E-state index contributed by atoms with van der Waals surface area (Å²) in [5.41, 5.74) is 1.11. The van der Waals surface area contributed by atoms with Crippen LogP contribution in [0.2, 0.25) is 0 Å². The van der Waals surface area contributed by atoms with E-state index in [0.717, 1.165) is 12.1 Å². The highest BCUT2D eigenvalue weighted by molar-refractivity contribution is 7.99. The van der Waals surface area contributed by atoms with Gasteiger partial charge in [-0.25, -0.2) is 4.98 Å². The number of hydrogen-bond donors (Lipinski definition) is 1. The zero-order valence-electron chi connectivity index (χ0n) is 11.4. The van der Waals surface area contributed by atoms with Gasteiger partial charge in [0.05, 0.1) is 16.3 Å². The minimum Gasteiger partial charge on any atom is -0.307 e. The summed E-state index contributed by atoms with van der Waals surface area (Å²) in [6.45, 7) is 7.70. The number of benzene rings is 1. The van der Waals surface area contributed by atoms with Crippen molar-refractivity contribution in [3.8, 4) is 0 Å². The standard InChI is InChI=1S/C14H20N2S2/c1-10(15-9-14(2,3)17-4)13-16-11-7-5-6-8-12(11)18-13/h5-8,10,15H,9H2,1-4H3. The van der Waals surface area contributed by atoms with Gasteiger partial charge in [-0.2, -0.15) is 11.8 Å². The highest BCUT2D eigenvalue weighted by Crippen LogP contribution is 2.27. The Bertz CT molecular complexity index is 486. The van der Waals surface area contributed by atoms with Crippen LogP contribution in [0.3, 0.4) is 0 Å². The summed E-state index contributed by atoms with van der Waals surface area (Å²) in [6.07, 6.45) is 2.16. The molecule has 2 rings (SSSR count). The molecule has 0 saturated carbocycles. The maximum Gasteiger partial charge on any atom is 0.111 e. The number of nitrogens with one attached hydrogen (secondary N) is 1. The Labute approximate surface area is 117 Å². The third-order valence-electron chi connectivity index (χ3n) is 3.07. The van der Waals surface area contributed by atoms with Crippen molar-refractivity contribution in [1.29, 1.82) is 0 Å². The van der Waals surface area contributed by atoms with Crippen LogP contribution < -0.4 is 5.32 Å². The zero-order valence-corrected chi connectivity index (χ0v) is 13.0. The van der Waals surface area contributed by atoms with Crippen molar-refractivity contribution in [2.75, 3.05) is 12.8 Å². The van der Waals surface area contributed by atoms with Crippen LogP contribution in [-0.2, 0) is 0 Å². The molecular formula is C14H20N2S2. The fourth-order valence-electron chi connectivity index (χ4n) is 1.63. The largest absolute Gasteiger partial charge is 0.307 e. The van der Waals surface area contributed by atoms with Gasteiger partial charge in [0.25, 0.3) is 0 Å². The molecule has 0 radical (unpaired) electrons. The van der Waals surface area contributed by atoms with E-state index in [2.05, 4.69) is 55.5 Å². The molecular weight excluding hydrogens is 260 g/mol. The van der Waals surface area contributed by atoms with Crippen molar-refractivity contribution in [2.45, 2.75) is 31.6 Å². The Morgan fingerprint density at radius 3 is 2.78 bits per heavy atom. The van der Waals surface area contributed by atoms with E-state index in [1.807, 2.05) is 17.8 Å². The van der Waals surface area contributed by atoms with Gasteiger partial charge in [0.15, 0.2) is 0 Å². The molecule has 1 unspecified atom stereocenters. The molecule has 18 heavy (non-hydrogen) atoms. The Kier molecular flexibility index (Phi) is 4.30. The highest BCUT2D eigenvalue weighted by Gasteiger charge is 2.18. The fraction of sp³-hybridized carbons (Fsp3) is 0.500. The average Bonchev–Trinajstić information content (AvgIpc) is 2.80. The lowest BCUT2D eigenvalue weighted by molar-refractivity contribution is 0.521. The van der Waals surface area contributed by atoms with Gasteiger partial charge in [0, 0.05) is 11.3 Å². The van der Waals surface area contributed by atoms with Crippen molar-refractivity contribution in [1.82, 2.24) is 10.3 Å². The number of thiazole rings is 1. The Morgan fingerprint density at radius 1 is 1.39 bits per heavy atom. The van der Waals surface area contributed by atoms with Gasteiger partial charge in [-0.05, 0) is 39.2 Å². The topological polar surface area (TPSA) is 24.9 Å². The molecule has 1 N–H and O–H groups in total. The van der Waals surface area contributed by atoms with Gasteiger partial charge >= 0.3 is 0 Å². The molecule has 1 heterocycles. The maximum atomic E-state index is 4.69. The first-order valence-electron chi connectivity index (χ1n) is 6.16. The summed E-state index contributed by atoms with van der Waals surface area (Å²) in [5.74, 6) is 0. The zero-order chi connectivity index (χ0) is 13.2. The predicted molar refractivity (Wildman–Crippen MR) is 83.6 cm³/mol. The molecule has 4 heteroatoms. The number of rotatable bonds is 5. The Balaban J connectivity index is 2.07. The van der Waals surface area contributed by atoms with E-state index in [9.17, 15) is 0 Å². The van der Waals surface area contributed by atoms with E-state index < -0.39 is 0 Å². The van der Waals surface area contributed by atoms with Crippen molar-refractivity contribution in [3.63, 3.8) is 0 Å². The van der Waals surface area contributed by atoms with Gasteiger partial charge in [-0.3, -0.25) is 0 Å². The molecule has 98 valence electrons. The van der Waals surface area contributed by atoms with Crippen LogP contribution in [-0.4, -0.2) is 22.5 Å². The lowest BCUT2D eigenvalue weighted by Crippen LogP contribution is -2.33. The molecule has 0 spiro atoms. The summed E-state index contributed by atoms with van der Waals surface area (Å²) in [6, 6.07) is 8.64. The molecule has 0 aliphatic rings. The second-order valence-electron chi connectivity index (χ2n) is 5.09. The van der Waals surface area contributed by atoms with Gasteiger partial charge in [-0.15, -0.1) is 11.3 Å². The smallest absolute Gasteiger partial charge is 0.111 e. The molecule has 1 aromatic carbocycles. The molecule has 2 nitrogen and oxygen atoms in total. The van der Waals surface area contributed by atoms with Gasteiger partial charge in [-0.1, -0.05) is 12.1 Å². The average molecular weight is 280 g/mol. The molecule has 0 aliphatic heterocycles. The second kappa shape index (κ2) is 5.59. The SMILES string of the molecule is CSC(C)(C)CNC(C)c1nc2ccccc2s1. The van der Waals surface area contributed by atoms with Crippen LogP contribution in [0.25, 0.3) is 10.2 Å². The molecule has 0 aliphatic carbocycles. The number of thioether (sulfide) groups is 1. The van der Waals surface area contributed by atoms with E-state index >= 15 is 0 Å². The monoisotopic (exact) mass is 280 g/mol. The van der Waals surface area contributed by atoms with Gasteiger partial charge < -0.3 is 5.32 Å². The summed E-state index contributed by atoms with van der Waals surface area (Å²) >= 11 is 3.67. The van der Waals surface area contributed by atoms with E-state index in [-0.39, 0.29) is 4.75 Å². The van der Waals surface area contributed by atoms with Crippen LogP contribution in [0, 0.1) is 0 Å². The first-order valence-corrected chi connectivity index (χ1v) is 8.20. The van der Waals surface area contributed by atoms with Crippen molar-refractivity contribution >= 4 is 33.3 Å². The minimum absolute atomic E-state index is 0.269. The second-order valence-corrected chi connectivity index (χ2v) is 7.66. The van der Waals surface area contributed by atoms with Crippen molar-refractivity contribution in [2.24, 2.45) is 0 Å². The lowest BCUT2D eigenvalue weighted by atomic mass is 10.2.